The first kappa shape index (κ1) is 44.8. The van der Waals surface area contributed by atoms with Gasteiger partial charge in [0.2, 0.25) is 35.4 Å². The lowest BCUT2D eigenvalue weighted by Gasteiger charge is -2.38. The molecule has 1 unspecified atom stereocenters. The van der Waals surface area contributed by atoms with Gasteiger partial charge in [-0.25, -0.2) is 14.8 Å². The molecule has 4 saturated heterocycles. The molecule has 0 radical (unpaired) electrons. The van der Waals surface area contributed by atoms with Crippen LogP contribution in [0.25, 0.3) is 22.6 Å². The number of hydrogen-bond donors (Lipinski definition) is 2. The van der Waals surface area contributed by atoms with Gasteiger partial charge in [0.15, 0.2) is 0 Å². The molecule has 67 heavy (non-hydrogen) atoms. The van der Waals surface area contributed by atoms with Crippen LogP contribution in [0, 0.1) is 17.2 Å². The van der Waals surface area contributed by atoms with E-state index in [0.29, 0.717) is 65.3 Å². The third-order valence-electron chi connectivity index (χ3n) is 15.2. The number of aryl methyl sites for hydroxylation is 2. The lowest BCUT2D eigenvalue weighted by molar-refractivity contribution is -0.136. The Morgan fingerprint density at radius 2 is 1.79 bits per heavy atom. The molecule has 4 aliphatic heterocycles. The fourth-order valence-corrected chi connectivity index (χ4v) is 12.7. The number of benzene rings is 1. The van der Waals surface area contributed by atoms with E-state index in [1.54, 1.807) is 28.4 Å². The molecule has 19 heteroatoms. The Morgan fingerprint density at radius 3 is 2.57 bits per heavy atom. The summed E-state index contributed by atoms with van der Waals surface area (Å²) in [5.74, 6) is 1.84. The summed E-state index contributed by atoms with van der Waals surface area (Å²) in [5, 5.41) is 17.2. The minimum Gasteiger partial charge on any atom is -0.389 e. The van der Waals surface area contributed by atoms with Gasteiger partial charge >= 0.3 is 5.69 Å². The first-order chi connectivity index (χ1) is 32.4. The Balaban J connectivity index is 0.694. The molecule has 0 bridgehead atoms. The van der Waals surface area contributed by atoms with Crippen molar-refractivity contribution in [3.8, 4) is 17.6 Å². The van der Waals surface area contributed by atoms with E-state index in [9.17, 15) is 24.4 Å². The van der Waals surface area contributed by atoms with Gasteiger partial charge in [-0.1, -0.05) is 11.2 Å². The Bertz CT molecular complexity index is 2810. The van der Waals surface area contributed by atoms with Crippen molar-refractivity contribution in [1.29, 1.82) is 5.26 Å². The van der Waals surface area contributed by atoms with E-state index in [0.717, 1.165) is 119 Å². The SMILES string of the molecule is C[C@H]1CN(CC(=O)N2CCC(CN3CCC(c4ccc5c(c4)n(C)c(=O)n5C4CCC(=O)NC4=O)CC3)CC2)CCCN1c1nccc(-c2noc([C@]3(C)CCCc4sc(N)c(C#N)c43)n2)n1. The largest absolute Gasteiger partial charge is 0.389 e. The lowest BCUT2D eigenvalue weighted by Crippen LogP contribution is -2.47. The van der Waals surface area contributed by atoms with Crippen LogP contribution in [-0.4, -0.2) is 127 Å². The molecule has 352 valence electrons. The van der Waals surface area contributed by atoms with E-state index in [1.807, 2.05) is 6.07 Å². The van der Waals surface area contributed by atoms with E-state index in [1.165, 1.54) is 16.9 Å². The van der Waals surface area contributed by atoms with E-state index < -0.39 is 17.4 Å². The highest BCUT2D eigenvalue weighted by atomic mass is 32.1. The first-order valence-electron chi connectivity index (χ1n) is 23.9. The fourth-order valence-electron chi connectivity index (χ4n) is 11.5. The molecular weight excluding hydrogens is 871 g/mol. The number of imide groups is 1. The molecule has 10 rings (SSSR count). The standard InChI is InChI=1S/C48H59N13O5S/c1-29-26-58(18-5-19-60(29)46-51-17-11-34(52-46)43-54-45(66-55-43)48(2)16-4-6-38-41(48)33(25-49)42(50)67-38)28-40(63)59-22-12-30(13-23-59)27-57-20-14-31(15-21-57)32-7-8-35-37(24-32)56(3)47(65)61(35)36-9-10-39(62)53-44(36)64/h7-8,11,17,24,29-31,36H,4-6,9-10,12-16,18-23,26-28,50H2,1-3H3,(H,53,62,64)/t29-,36?,48+/m0/s1. The number of likely N-dealkylation sites (tertiary alicyclic amines) is 2. The highest BCUT2D eigenvalue weighted by molar-refractivity contribution is 7.16. The Labute approximate surface area is 393 Å². The van der Waals surface area contributed by atoms with Gasteiger partial charge in [0, 0.05) is 75.4 Å². The van der Waals surface area contributed by atoms with Gasteiger partial charge < -0.3 is 25.0 Å². The van der Waals surface area contributed by atoms with Crippen LogP contribution in [0.15, 0.2) is 39.8 Å². The van der Waals surface area contributed by atoms with Crippen LogP contribution in [0.4, 0.5) is 10.9 Å². The number of piperidine rings is 3. The second-order valence-electron chi connectivity index (χ2n) is 19.6. The smallest absolute Gasteiger partial charge is 0.329 e. The number of anilines is 2. The van der Waals surface area contributed by atoms with Gasteiger partial charge in [-0.2, -0.15) is 10.2 Å². The number of nitrogen functional groups attached to an aromatic ring is 1. The number of rotatable bonds is 9. The molecule has 3 N–H and O–H groups in total. The zero-order chi connectivity index (χ0) is 46.6. The topological polar surface area (TPSA) is 218 Å². The number of fused-ring (bicyclic) bond motifs is 2. The third-order valence-corrected chi connectivity index (χ3v) is 16.3. The molecule has 4 aromatic heterocycles. The summed E-state index contributed by atoms with van der Waals surface area (Å²) in [4.78, 5) is 76.0. The number of hydrogen-bond acceptors (Lipinski definition) is 15. The summed E-state index contributed by atoms with van der Waals surface area (Å²) >= 11 is 1.48. The maximum Gasteiger partial charge on any atom is 0.329 e. The van der Waals surface area contributed by atoms with Crippen LogP contribution >= 0.6 is 11.3 Å². The summed E-state index contributed by atoms with van der Waals surface area (Å²) in [6.45, 7) is 11.5. The zero-order valence-corrected chi connectivity index (χ0v) is 39.4. The van der Waals surface area contributed by atoms with E-state index in [-0.39, 0.29) is 30.0 Å². The average Bonchev–Trinajstić information content (AvgIpc) is 3.99. The number of thiophene rings is 1. The summed E-state index contributed by atoms with van der Waals surface area (Å²) < 4.78 is 9.06. The van der Waals surface area contributed by atoms with Gasteiger partial charge in [0.1, 0.15) is 22.8 Å². The molecule has 18 nitrogen and oxygen atoms in total. The molecule has 5 aromatic rings. The molecule has 8 heterocycles. The van der Waals surface area contributed by atoms with Crippen molar-refractivity contribution in [2.75, 3.05) is 69.5 Å². The van der Waals surface area contributed by atoms with E-state index >= 15 is 0 Å². The Hall–Kier alpha value is -5.97. The number of nitriles is 1. The predicted molar refractivity (Wildman–Crippen MR) is 252 cm³/mol. The van der Waals surface area contributed by atoms with Gasteiger partial charge in [0.05, 0.1) is 28.6 Å². The van der Waals surface area contributed by atoms with Crippen LogP contribution in [0.5, 0.6) is 0 Å². The monoisotopic (exact) mass is 929 g/mol. The molecule has 1 aliphatic carbocycles. The molecule has 4 fully saturated rings. The Morgan fingerprint density at radius 1 is 0.985 bits per heavy atom. The van der Waals surface area contributed by atoms with Gasteiger partial charge in [0.25, 0.3) is 0 Å². The minimum absolute atomic E-state index is 0.0675. The van der Waals surface area contributed by atoms with Gasteiger partial charge in [-0.15, -0.1) is 11.3 Å². The van der Waals surface area contributed by atoms with Crippen LogP contribution in [-0.2, 0) is 33.3 Å². The third kappa shape index (κ3) is 8.52. The maximum atomic E-state index is 13.7. The second kappa shape index (κ2) is 18.3. The van der Waals surface area contributed by atoms with Crippen molar-refractivity contribution in [2.24, 2.45) is 13.0 Å². The highest BCUT2D eigenvalue weighted by Crippen LogP contribution is 2.48. The quantitative estimate of drug-likeness (QED) is 0.197. The minimum atomic E-state index is -0.688. The van der Waals surface area contributed by atoms with E-state index in [2.05, 4.69) is 67.1 Å². The summed E-state index contributed by atoms with van der Waals surface area (Å²) in [5.41, 5.74) is 10.1. The van der Waals surface area contributed by atoms with Crippen LogP contribution in [0.3, 0.4) is 0 Å². The maximum absolute atomic E-state index is 13.7. The van der Waals surface area contributed by atoms with Crippen molar-refractivity contribution < 1.29 is 18.9 Å². The number of imidazole rings is 1. The number of amides is 3. The van der Waals surface area contributed by atoms with E-state index in [4.69, 9.17) is 20.2 Å². The second-order valence-corrected chi connectivity index (χ2v) is 20.7. The van der Waals surface area contributed by atoms with Crippen molar-refractivity contribution in [3.05, 3.63) is 68.4 Å². The summed E-state index contributed by atoms with van der Waals surface area (Å²) in [6, 6.07) is 9.65. The molecule has 0 saturated carbocycles. The number of nitrogens with one attached hydrogen (secondary N) is 1. The first-order valence-corrected chi connectivity index (χ1v) is 24.7. The van der Waals surface area contributed by atoms with Crippen LogP contribution in [0.1, 0.15) is 111 Å². The van der Waals surface area contributed by atoms with Gasteiger partial charge in [-0.3, -0.25) is 33.7 Å². The number of aromatic nitrogens is 6. The molecule has 5 aliphatic rings. The van der Waals surface area contributed by atoms with Crippen molar-refractivity contribution in [3.63, 3.8) is 0 Å². The zero-order valence-electron chi connectivity index (χ0n) is 38.6. The molecule has 3 atom stereocenters. The van der Waals surface area contributed by atoms with Gasteiger partial charge in [-0.05, 0) is 120 Å². The lowest BCUT2D eigenvalue weighted by atomic mass is 9.72. The van der Waals surface area contributed by atoms with Crippen molar-refractivity contribution >= 4 is 51.0 Å². The number of carbonyl (C=O) groups excluding carboxylic acids is 3. The van der Waals surface area contributed by atoms with Crippen molar-refractivity contribution in [2.45, 2.75) is 101 Å². The highest BCUT2D eigenvalue weighted by Gasteiger charge is 2.43. The fraction of sp³-hybridized carbons (Fsp3) is 0.562. The predicted octanol–water partition coefficient (Wildman–Crippen LogP) is 4.33. The Kier molecular flexibility index (Phi) is 12.2. The van der Waals surface area contributed by atoms with Crippen LogP contribution < -0.4 is 21.6 Å². The summed E-state index contributed by atoms with van der Waals surface area (Å²) in [7, 11) is 1.75. The molecule has 0 spiro atoms. The molecular formula is C48H59N13O5S. The average molecular weight is 930 g/mol. The van der Waals surface area contributed by atoms with Crippen LogP contribution in [0.2, 0.25) is 0 Å². The number of nitrogens with two attached hydrogens (primary N) is 1. The summed E-state index contributed by atoms with van der Waals surface area (Å²) in [6.07, 6.45) is 9.79. The number of carbonyl (C=O) groups is 3. The normalized spacial score (nSPS) is 23.9. The molecule has 3 amide bonds. The number of nitrogens with zero attached hydrogens (tertiary/aromatic N) is 11. The molecule has 1 aromatic carbocycles. The van der Waals surface area contributed by atoms with Crippen molar-refractivity contribution in [1.82, 2.24) is 49.3 Å².